The van der Waals surface area contributed by atoms with Crippen LogP contribution in [0.5, 0.6) is 0 Å². The molecule has 0 aliphatic heterocycles. The Hall–Kier alpha value is 2.29. The Morgan fingerprint density at radius 2 is 0.639 bits per heavy atom. The Morgan fingerprint density at radius 3 is 0.833 bits per heavy atom. The number of hydrogen-bond acceptors (Lipinski definition) is 12. The van der Waals surface area contributed by atoms with E-state index < -0.39 is 17.6 Å². The lowest BCUT2D eigenvalue weighted by molar-refractivity contribution is 0.0582. The van der Waals surface area contributed by atoms with Gasteiger partial charge in [0.2, 0.25) is 0 Å². The van der Waals surface area contributed by atoms with E-state index in [1.807, 2.05) is 0 Å². The minimum absolute atomic E-state index is 0.157. The highest BCUT2D eigenvalue weighted by molar-refractivity contribution is 9.42. The molecule has 6 nitrogen and oxygen atoms in total. The van der Waals surface area contributed by atoms with Crippen molar-refractivity contribution in [2.75, 3.05) is 39.6 Å². The second-order valence-electron chi connectivity index (χ2n) is 8.05. The van der Waals surface area contributed by atoms with Crippen LogP contribution in [0.2, 0.25) is 0 Å². The maximum Gasteiger partial charge on any atom is 0.515 e. The van der Waals surface area contributed by atoms with E-state index in [-0.39, 0.29) is 9.75 Å². The molecule has 0 bridgehead atoms. The topological polar surface area (TPSA) is 55.4 Å². The lowest BCUT2D eigenvalue weighted by Crippen LogP contribution is -2.54. The normalized spacial score (nSPS) is 14.3. The lowest BCUT2D eigenvalue weighted by Gasteiger charge is -2.33. The van der Waals surface area contributed by atoms with Gasteiger partial charge >= 0.3 is 17.6 Å². The van der Waals surface area contributed by atoms with E-state index in [2.05, 4.69) is 55.4 Å². The van der Waals surface area contributed by atoms with Crippen LogP contribution >= 0.6 is 60.9 Å². The molecule has 0 aromatic heterocycles. The van der Waals surface area contributed by atoms with E-state index in [0.717, 1.165) is 38.5 Å². The lowest BCUT2D eigenvalue weighted by atomic mass is 10.5. The van der Waals surface area contributed by atoms with Gasteiger partial charge in [-0.05, 0) is 91.7 Å². The second-order valence-corrected chi connectivity index (χ2v) is 24.8. The van der Waals surface area contributed by atoms with Gasteiger partial charge in [0, 0.05) is 39.6 Å². The molecule has 218 valence electrons. The first-order valence-electron chi connectivity index (χ1n) is 13.2. The predicted octanol–water partition coefficient (Wildman–Crippen LogP) is 9.25. The van der Waals surface area contributed by atoms with Crippen LogP contribution in [0.15, 0.2) is 0 Å². The zero-order chi connectivity index (χ0) is 27.1. The van der Waals surface area contributed by atoms with E-state index in [4.69, 9.17) is 26.6 Å². The molecule has 0 saturated carbocycles. The van der Waals surface area contributed by atoms with Crippen LogP contribution in [0, 0.1) is 0 Å². The molecule has 0 heterocycles. The average molecular weight is 659 g/mol. The molecular formula is C22H50O6S6Si2. The molecule has 36 heavy (non-hydrogen) atoms. The first kappa shape index (κ1) is 38.3. The van der Waals surface area contributed by atoms with E-state index in [1.165, 1.54) is 0 Å². The Balaban J connectivity index is 4.83. The summed E-state index contributed by atoms with van der Waals surface area (Å²) in [6.45, 7) is 21.2. The fourth-order valence-corrected chi connectivity index (χ4v) is 25.1. The van der Waals surface area contributed by atoms with E-state index in [9.17, 15) is 0 Å². The summed E-state index contributed by atoms with van der Waals surface area (Å²) in [6.07, 6.45) is 5.74. The minimum atomic E-state index is -2.75. The van der Waals surface area contributed by atoms with Gasteiger partial charge in [-0.25, -0.2) is 0 Å². The van der Waals surface area contributed by atoms with Gasteiger partial charge in [-0.1, -0.05) is 63.1 Å². The molecule has 0 radical (unpaired) electrons. The number of hydrogen-bond donors (Lipinski definition) is 0. The van der Waals surface area contributed by atoms with Gasteiger partial charge in [0.25, 0.3) is 0 Å². The monoisotopic (exact) mass is 658 g/mol. The molecule has 0 spiro atoms. The van der Waals surface area contributed by atoms with Gasteiger partial charge in [-0.3, -0.25) is 0 Å². The van der Waals surface area contributed by atoms with Crippen LogP contribution in [0.3, 0.4) is 0 Å². The molecular weight excluding hydrogens is 609 g/mol. The molecule has 0 rings (SSSR count). The molecule has 0 amide bonds. The maximum atomic E-state index is 6.29. The second kappa shape index (κ2) is 25.0. The molecule has 0 N–H and O–H groups in total. The first-order valence-corrected chi connectivity index (χ1v) is 24.4. The largest absolute Gasteiger partial charge is 0.515 e. The van der Waals surface area contributed by atoms with Gasteiger partial charge in [0.05, 0.1) is 9.75 Å². The molecule has 0 saturated heterocycles. The Labute approximate surface area is 246 Å². The Bertz CT molecular complexity index is 418. The third-order valence-corrected chi connectivity index (χ3v) is 24.6. The fraction of sp³-hybridized carbons (Fsp3) is 1.00. The summed E-state index contributed by atoms with van der Waals surface area (Å²) in [4.78, 5) is 0.313. The Morgan fingerprint density at radius 1 is 0.417 bits per heavy atom. The molecule has 0 aromatic rings. The molecule has 14 heteroatoms. The quantitative estimate of drug-likeness (QED) is 0.0480. The van der Waals surface area contributed by atoms with Crippen LogP contribution in [-0.2, 0) is 26.6 Å². The number of rotatable bonds is 27. The summed E-state index contributed by atoms with van der Waals surface area (Å²) >= 11 is 0. The van der Waals surface area contributed by atoms with Gasteiger partial charge in [-0.15, -0.1) is 0 Å². The summed E-state index contributed by atoms with van der Waals surface area (Å²) in [5.74, 6) is 0. The van der Waals surface area contributed by atoms with Gasteiger partial charge in [0.1, 0.15) is 0 Å². The Kier molecular flexibility index (Phi) is 26.6. The van der Waals surface area contributed by atoms with Gasteiger partial charge in [-0.2, -0.15) is 0 Å². The summed E-state index contributed by atoms with van der Waals surface area (Å²) in [7, 11) is 5.14. The zero-order valence-corrected chi connectivity index (χ0v) is 30.4. The molecule has 0 aliphatic carbocycles. The van der Waals surface area contributed by atoms with Crippen molar-refractivity contribution in [3.05, 3.63) is 0 Å². The van der Waals surface area contributed by atoms with Crippen LogP contribution in [-0.4, -0.2) is 67.0 Å². The summed E-state index contributed by atoms with van der Waals surface area (Å²) < 4.78 is 37.7. The standard InChI is InChI=1S/C22H50O6S6Si2/c1-9-15-23-35(24-16-10-2,25-17-11-3)21(7)29-31-33-34-32-30-22(8)36(26-18-12-4,27-19-13-5)28-20-14-6/h21-22H,9-20H2,1-8H3. The molecule has 0 fully saturated rings. The minimum Gasteiger partial charge on any atom is -0.373 e. The summed E-state index contributed by atoms with van der Waals surface area (Å²) in [5.41, 5.74) is 0. The molecule has 2 unspecified atom stereocenters. The third kappa shape index (κ3) is 15.9. The van der Waals surface area contributed by atoms with Crippen molar-refractivity contribution in [3.63, 3.8) is 0 Å². The van der Waals surface area contributed by atoms with Crippen molar-refractivity contribution < 1.29 is 26.6 Å². The summed E-state index contributed by atoms with van der Waals surface area (Å²) in [5, 5.41) is 0. The summed E-state index contributed by atoms with van der Waals surface area (Å²) in [6, 6.07) is 0. The highest BCUT2D eigenvalue weighted by Crippen LogP contribution is 2.55. The van der Waals surface area contributed by atoms with Crippen molar-refractivity contribution in [1.82, 2.24) is 0 Å². The zero-order valence-electron chi connectivity index (χ0n) is 23.5. The van der Waals surface area contributed by atoms with Crippen molar-refractivity contribution in [2.45, 2.75) is 104 Å². The molecule has 0 aliphatic rings. The van der Waals surface area contributed by atoms with Crippen molar-refractivity contribution in [1.29, 1.82) is 0 Å². The van der Waals surface area contributed by atoms with Gasteiger partial charge in [0.15, 0.2) is 0 Å². The highest BCUT2D eigenvalue weighted by Gasteiger charge is 2.49. The van der Waals surface area contributed by atoms with E-state index >= 15 is 0 Å². The van der Waals surface area contributed by atoms with E-state index in [1.54, 1.807) is 60.9 Å². The van der Waals surface area contributed by atoms with Crippen LogP contribution in [0.4, 0.5) is 0 Å². The fourth-order valence-electron chi connectivity index (χ4n) is 2.71. The average Bonchev–Trinajstić information content (AvgIpc) is 2.89. The first-order chi connectivity index (χ1) is 17.4. The maximum absolute atomic E-state index is 6.29. The molecule has 2 atom stereocenters. The van der Waals surface area contributed by atoms with Gasteiger partial charge < -0.3 is 26.6 Å². The van der Waals surface area contributed by atoms with Crippen molar-refractivity contribution in [2.24, 2.45) is 0 Å². The third-order valence-electron chi connectivity index (χ3n) is 4.49. The SMILES string of the molecule is CCCO[Si](OCCC)(OCCC)C(C)SSSSSSC(C)[Si](OCCC)(OCCC)OCCC. The van der Waals surface area contributed by atoms with Crippen molar-refractivity contribution >= 4 is 78.5 Å². The molecule has 0 aromatic carbocycles. The van der Waals surface area contributed by atoms with Crippen LogP contribution < -0.4 is 0 Å². The van der Waals surface area contributed by atoms with Crippen LogP contribution in [0.25, 0.3) is 0 Å². The van der Waals surface area contributed by atoms with Crippen LogP contribution in [0.1, 0.15) is 93.9 Å². The predicted molar refractivity (Wildman–Crippen MR) is 173 cm³/mol. The van der Waals surface area contributed by atoms with Crippen molar-refractivity contribution in [3.8, 4) is 0 Å². The van der Waals surface area contributed by atoms with E-state index in [0.29, 0.717) is 39.6 Å². The highest BCUT2D eigenvalue weighted by atomic mass is 33.9. The smallest absolute Gasteiger partial charge is 0.373 e.